The molecule has 0 heterocycles. The van der Waals surface area contributed by atoms with E-state index in [4.69, 9.17) is 14.2 Å². The van der Waals surface area contributed by atoms with Crippen molar-refractivity contribution in [2.45, 2.75) is 19.8 Å². The molecule has 27 heavy (non-hydrogen) atoms. The van der Waals surface area contributed by atoms with Gasteiger partial charge in [-0.1, -0.05) is 35.3 Å². The number of halogens is 1. The minimum atomic E-state index is -0.349. The predicted molar refractivity (Wildman–Crippen MR) is 109 cm³/mol. The van der Waals surface area contributed by atoms with Gasteiger partial charge in [-0.05, 0) is 48.4 Å². The summed E-state index contributed by atoms with van der Waals surface area (Å²) in [5.74, 6) is 1.57. The fraction of sp³-hybridized carbons (Fsp3) is 0.300. The molecule has 0 atom stereocenters. The van der Waals surface area contributed by atoms with Crippen LogP contribution in [0.1, 0.15) is 25.3 Å². The smallest absolute Gasteiger partial charge is 0.277 e. The average Bonchev–Trinajstić information content (AvgIpc) is 2.67. The van der Waals surface area contributed by atoms with Crippen LogP contribution >= 0.6 is 15.9 Å². The maximum Gasteiger partial charge on any atom is 0.277 e. The Morgan fingerprint density at radius 1 is 1.19 bits per heavy atom. The topological polar surface area (TPSA) is 69.2 Å². The fourth-order valence-electron chi connectivity index (χ4n) is 2.13. The quantitative estimate of drug-likeness (QED) is 0.346. The van der Waals surface area contributed by atoms with Crippen molar-refractivity contribution in [3.63, 3.8) is 0 Å². The van der Waals surface area contributed by atoms with E-state index in [1.165, 1.54) is 6.21 Å². The van der Waals surface area contributed by atoms with Gasteiger partial charge in [0, 0.05) is 4.47 Å². The highest BCUT2D eigenvalue weighted by Gasteiger charge is 2.05. The van der Waals surface area contributed by atoms with E-state index in [9.17, 15) is 4.79 Å². The molecule has 0 fully saturated rings. The van der Waals surface area contributed by atoms with Crippen molar-refractivity contribution in [3.05, 3.63) is 52.5 Å². The van der Waals surface area contributed by atoms with Crippen molar-refractivity contribution in [3.8, 4) is 17.2 Å². The Labute approximate surface area is 167 Å². The zero-order valence-corrected chi connectivity index (χ0v) is 17.0. The van der Waals surface area contributed by atoms with Gasteiger partial charge in [-0.3, -0.25) is 4.79 Å². The van der Waals surface area contributed by atoms with Crippen molar-refractivity contribution in [1.29, 1.82) is 0 Å². The molecule has 1 amide bonds. The Hall–Kier alpha value is -2.54. The highest BCUT2D eigenvalue weighted by Crippen LogP contribution is 2.27. The molecule has 0 unspecified atom stereocenters. The number of benzene rings is 2. The number of amides is 1. The van der Waals surface area contributed by atoms with Crippen molar-refractivity contribution in [1.82, 2.24) is 5.43 Å². The highest BCUT2D eigenvalue weighted by atomic mass is 79.9. The minimum absolute atomic E-state index is 0.124. The van der Waals surface area contributed by atoms with Crippen LogP contribution in [-0.2, 0) is 4.79 Å². The van der Waals surface area contributed by atoms with E-state index in [0.717, 1.165) is 22.9 Å². The van der Waals surface area contributed by atoms with Crippen LogP contribution in [0, 0.1) is 0 Å². The summed E-state index contributed by atoms with van der Waals surface area (Å²) in [6.07, 6.45) is 3.59. The molecular weight excluding hydrogens is 412 g/mol. The number of hydrogen-bond donors (Lipinski definition) is 1. The van der Waals surface area contributed by atoms with Crippen LogP contribution in [0.4, 0.5) is 0 Å². The van der Waals surface area contributed by atoms with Gasteiger partial charge in [0.05, 0.1) is 19.9 Å². The van der Waals surface area contributed by atoms with Gasteiger partial charge in [-0.2, -0.15) is 5.10 Å². The molecule has 0 radical (unpaired) electrons. The second-order valence-electron chi connectivity index (χ2n) is 5.65. The standard InChI is InChI=1S/C20H23BrN2O4/c1-3-4-10-26-18-9-8-15(11-19(18)25-2)13-22-23-20(24)14-27-17-7-5-6-16(21)12-17/h5-9,11-13H,3-4,10,14H2,1-2H3,(H,23,24)/b22-13+. The molecule has 0 aliphatic heterocycles. The first-order valence-electron chi connectivity index (χ1n) is 8.63. The number of hydrogen-bond acceptors (Lipinski definition) is 5. The van der Waals surface area contributed by atoms with Crippen molar-refractivity contribution in [2.75, 3.05) is 20.3 Å². The molecule has 2 aromatic rings. The van der Waals surface area contributed by atoms with Crippen molar-refractivity contribution < 1.29 is 19.0 Å². The second-order valence-corrected chi connectivity index (χ2v) is 6.57. The molecule has 6 nitrogen and oxygen atoms in total. The predicted octanol–water partition coefficient (Wildman–Crippen LogP) is 4.17. The summed E-state index contributed by atoms with van der Waals surface area (Å²) in [4.78, 5) is 11.8. The molecule has 0 aromatic heterocycles. The molecule has 0 aliphatic carbocycles. The summed E-state index contributed by atoms with van der Waals surface area (Å²) in [7, 11) is 1.59. The molecule has 0 aliphatic rings. The van der Waals surface area contributed by atoms with Gasteiger partial charge >= 0.3 is 0 Å². The van der Waals surface area contributed by atoms with Crippen LogP contribution in [0.5, 0.6) is 17.2 Å². The molecule has 0 bridgehead atoms. The summed E-state index contributed by atoms with van der Waals surface area (Å²) in [6.45, 7) is 2.63. The summed E-state index contributed by atoms with van der Waals surface area (Å²) in [6, 6.07) is 12.7. The number of rotatable bonds is 10. The Morgan fingerprint density at radius 3 is 2.78 bits per heavy atom. The molecule has 2 aromatic carbocycles. The number of nitrogens with zero attached hydrogens (tertiary/aromatic N) is 1. The molecular formula is C20H23BrN2O4. The Bertz CT molecular complexity index is 780. The van der Waals surface area contributed by atoms with Gasteiger partial charge in [0.25, 0.3) is 5.91 Å². The van der Waals surface area contributed by atoms with E-state index in [0.29, 0.717) is 23.9 Å². The molecule has 1 N–H and O–H groups in total. The van der Waals surface area contributed by atoms with E-state index in [1.54, 1.807) is 25.3 Å². The number of nitrogens with one attached hydrogen (secondary N) is 1. The van der Waals surface area contributed by atoms with Gasteiger partial charge in [-0.25, -0.2) is 5.43 Å². The summed E-state index contributed by atoms with van der Waals surface area (Å²) in [5.41, 5.74) is 3.21. The number of carbonyl (C=O) groups excluding carboxylic acids is 1. The number of methoxy groups -OCH3 is 1. The van der Waals surface area contributed by atoms with Gasteiger partial charge in [0.2, 0.25) is 0 Å². The van der Waals surface area contributed by atoms with E-state index in [2.05, 4.69) is 33.4 Å². The highest BCUT2D eigenvalue weighted by molar-refractivity contribution is 9.10. The Balaban J connectivity index is 1.84. The number of unbranched alkanes of at least 4 members (excludes halogenated alkanes) is 1. The van der Waals surface area contributed by atoms with Crippen LogP contribution in [0.2, 0.25) is 0 Å². The monoisotopic (exact) mass is 434 g/mol. The van der Waals surface area contributed by atoms with Gasteiger partial charge in [-0.15, -0.1) is 0 Å². The van der Waals surface area contributed by atoms with Crippen LogP contribution in [0.3, 0.4) is 0 Å². The van der Waals surface area contributed by atoms with E-state index >= 15 is 0 Å². The molecule has 0 spiro atoms. The first-order chi connectivity index (χ1) is 13.1. The molecule has 144 valence electrons. The summed E-state index contributed by atoms with van der Waals surface area (Å²) < 4.78 is 17.3. The third-order valence-electron chi connectivity index (χ3n) is 3.51. The molecule has 0 saturated carbocycles. The number of ether oxygens (including phenoxy) is 3. The lowest BCUT2D eigenvalue weighted by atomic mass is 10.2. The van der Waals surface area contributed by atoms with Crippen molar-refractivity contribution >= 4 is 28.1 Å². The average molecular weight is 435 g/mol. The second kappa shape index (κ2) is 11.2. The lowest BCUT2D eigenvalue weighted by Gasteiger charge is -2.10. The lowest BCUT2D eigenvalue weighted by molar-refractivity contribution is -0.123. The normalized spacial score (nSPS) is 10.6. The van der Waals surface area contributed by atoms with Gasteiger partial charge in [0.15, 0.2) is 18.1 Å². The lowest BCUT2D eigenvalue weighted by Crippen LogP contribution is -2.24. The Kier molecular flexibility index (Phi) is 8.64. The Morgan fingerprint density at radius 2 is 2.04 bits per heavy atom. The van der Waals surface area contributed by atoms with E-state index < -0.39 is 0 Å². The SMILES string of the molecule is CCCCOc1ccc(/C=N/NC(=O)COc2cccc(Br)c2)cc1OC. The third-order valence-corrected chi connectivity index (χ3v) is 4.01. The van der Waals surface area contributed by atoms with Crippen LogP contribution in [-0.4, -0.2) is 32.4 Å². The van der Waals surface area contributed by atoms with Crippen molar-refractivity contribution in [2.24, 2.45) is 5.10 Å². The fourth-order valence-corrected chi connectivity index (χ4v) is 2.51. The first kappa shape index (κ1) is 20.8. The van der Waals surface area contributed by atoms with E-state index in [-0.39, 0.29) is 12.5 Å². The zero-order valence-electron chi connectivity index (χ0n) is 15.4. The third kappa shape index (κ3) is 7.30. The maximum atomic E-state index is 11.8. The molecule has 0 saturated heterocycles. The molecule has 2 rings (SSSR count). The largest absolute Gasteiger partial charge is 0.493 e. The van der Waals surface area contributed by atoms with E-state index in [1.807, 2.05) is 24.3 Å². The molecule has 7 heteroatoms. The summed E-state index contributed by atoms with van der Waals surface area (Å²) >= 11 is 3.35. The maximum absolute atomic E-state index is 11.8. The van der Waals surface area contributed by atoms with Gasteiger partial charge < -0.3 is 14.2 Å². The van der Waals surface area contributed by atoms with Gasteiger partial charge in [0.1, 0.15) is 5.75 Å². The zero-order chi connectivity index (χ0) is 19.5. The minimum Gasteiger partial charge on any atom is -0.493 e. The van der Waals surface area contributed by atoms with Crippen LogP contribution in [0.25, 0.3) is 0 Å². The number of hydrazone groups is 1. The summed E-state index contributed by atoms with van der Waals surface area (Å²) in [5, 5.41) is 3.94. The number of carbonyl (C=O) groups is 1. The van der Waals surface area contributed by atoms with Crippen LogP contribution < -0.4 is 19.6 Å². The first-order valence-corrected chi connectivity index (χ1v) is 9.42. The van der Waals surface area contributed by atoms with Crippen LogP contribution in [0.15, 0.2) is 52.0 Å².